The summed E-state index contributed by atoms with van der Waals surface area (Å²) in [4.78, 5) is 9.29. The van der Waals surface area contributed by atoms with Gasteiger partial charge in [-0.2, -0.15) is 5.10 Å². The molecular weight excluding hydrogens is 398 g/mol. The number of aromatic nitrogens is 4. The minimum absolute atomic E-state index is 0.0763. The predicted octanol–water partition coefficient (Wildman–Crippen LogP) is 6.08. The second kappa shape index (κ2) is 7.96. The quantitative estimate of drug-likeness (QED) is 0.371. The molecule has 0 amide bonds. The van der Waals surface area contributed by atoms with Gasteiger partial charge in [0, 0.05) is 41.9 Å². The smallest absolute Gasteiger partial charge is 0.134 e. The summed E-state index contributed by atoms with van der Waals surface area (Å²) in [7, 11) is 1.93. The van der Waals surface area contributed by atoms with Gasteiger partial charge < -0.3 is 9.73 Å². The zero-order valence-corrected chi connectivity index (χ0v) is 18.6. The second-order valence-electron chi connectivity index (χ2n) is 8.21. The van der Waals surface area contributed by atoms with E-state index in [0.29, 0.717) is 0 Å². The monoisotopic (exact) mass is 423 g/mol. The Morgan fingerprint density at radius 1 is 0.969 bits per heavy atom. The molecule has 0 radical (unpaired) electrons. The maximum Gasteiger partial charge on any atom is 0.134 e. The molecule has 6 heteroatoms. The summed E-state index contributed by atoms with van der Waals surface area (Å²) in [6, 6.07) is 16.7. The Labute approximate surface area is 186 Å². The van der Waals surface area contributed by atoms with Crippen molar-refractivity contribution >= 4 is 16.8 Å². The number of hydrogen-bond acceptors (Lipinski definition) is 5. The zero-order chi connectivity index (χ0) is 22.2. The third-order valence-corrected chi connectivity index (χ3v) is 5.69. The highest BCUT2D eigenvalue weighted by Gasteiger charge is 2.12. The molecule has 1 unspecified atom stereocenters. The molecule has 5 rings (SSSR count). The number of furan rings is 1. The Morgan fingerprint density at radius 2 is 1.84 bits per heavy atom. The number of nitrogens with one attached hydrogen (secondary N) is 1. The Bertz CT molecular complexity index is 1420. The average Bonchev–Trinajstić information content (AvgIpc) is 3.39. The fourth-order valence-corrected chi connectivity index (χ4v) is 3.97. The molecule has 1 N–H and O–H groups in total. The average molecular weight is 424 g/mol. The summed E-state index contributed by atoms with van der Waals surface area (Å²) >= 11 is 0. The van der Waals surface area contributed by atoms with Gasteiger partial charge in [0.2, 0.25) is 0 Å². The lowest BCUT2D eigenvalue weighted by Gasteiger charge is -2.17. The number of rotatable bonds is 5. The van der Waals surface area contributed by atoms with Crippen LogP contribution in [0.15, 0.2) is 71.6 Å². The molecule has 0 aliphatic carbocycles. The van der Waals surface area contributed by atoms with E-state index < -0.39 is 0 Å². The van der Waals surface area contributed by atoms with Gasteiger partial charge in [-0.25, -0.2) is 9.97 Å². The van der Waals surface area contributed by atoms with Crippen LogP contribution in [0.2, 0.25) is 0 Å². The van der Waals surface area contributed by atoms with E-state index in [1.807, 2.05) is 49.2 Å². The van der Waals surface area contributed by atoms with Crippen LogP contribution in [0.1, 0.15) is 29.9 Å². The van der Waals surface area contributed by atoms with Gasteiger partial charge in [0.15, 0.2) is 0 Å². The molecule has 0 bridgehead atoms. The van der Waals surface area contributed by atoms with E-state index in [0.717, 1.165) is 50.6 Å². The van der Waals surface area contributed by atoms with Gasteiger partial charge in [-0.1, -0.05) is 18.2 Å². The van der Waals surface area contributed by atoms with Crippen LogP contribution < -0.4 is 5.32 Å². The van der Waals surface area contributed by atoms with Crippen LogP contribution in [-0.2, 0) is 7.05 Å². The van der Waals surface area contributed by atoms with E-state index in [4.69, 9.17) is 4.42 Å². The lowest BCUT2D eigenvalue weighted by atomic mass is 10.0. The molecule has 3 aromatic heterocycles. The first-order valence-electron chi connectivity index (χ1n) is 10.7. The van der Waals surface area contributed by atoms with Gasteiger partial charge in [-0.3, -0.25) is 4.68 Å². The molecule has 0 aliphatic heterocycles. The molecule has 5 aromatic rings. The van der Waals surface area contributed by atoms with Crippen molar-refractivity contribution in [1.82, 2.24) is 19.7 Å². The number of nitrogens with zero attached hydrogens (tertiary/aromatic N) is 4. The number of fused-ring (bicyclic) bond motifs is 1. The normalized spacial score (nSPS) is 12.2. The molecule has 0 spiro atoms. The van der Waals surface area contributed by atoms with E-state index >= 15 is 0 Å². The van der Waals surface area contributed by atoms with Crippen LogP contribution in [0.5, 0.6) is 0 Å². The zero-order valence-electron chi connectivity index (χ0n) is 18.6. The largest absolute Gasteiger partial charge is 0.464 e. The van der Waals surface area contributed by atoms with E-state index in [2.05, 4.69) is 64.6 Å². The SMILES string of the molecule is Cc1nc(NC(C)c2cccc(-c3cnn(C)c3)c2)cc(-c2ccc3occ(C)c3c2)n1. The van der Waals surface area contributed by atoms with Crippen molar-refractivity contribution < 1.29 is 4.42 Å². The Morgan fingerprint density at radius 3 is 2.66 bits per heavy atom. The van der Waals surface area contributed by atoms with Crippen LogP contribution in [0, 0.1) is 13.8 Å². The lowest BCUT2D eigenvalue weighted by Crippen LogP contribution is -2.09. The predicted molar refractivity (Wildman–Crippen MR) is 127 cm³/mol. The number of anilines is 1. The van der Waals surface area contributed by atoms with Crippen molar-refractivity contribution in [3.63, 3.8) is 0 Å². The summed E-state index contributed by atoms with van der Waals surface area (Å²) in [5.41, 5.74) is 7.37. The highest BCUT2D eigenvalue weighted by molar-refractivity contribution is 5.85. The van der Waals surface area contributed by atoms with Gasteiger partial charge in [0.1, 0.15) is 17.2 Å². The Balaban J connectivity index is 1.43. The standard InChI is InChI=1S/C26H25N5O/c1-16-15-32-25-9-8-21(11-23(16)25)24-12-26(30-18(3)29-24)28-17(2)19-6-5-7-20(10-19)22-13-27-31(4)14-22/h5-15,17H,1-4H3,(H,28,29,30). The van der Waals surface area contributed by atoms with Crippen LogP contribution in [0.4, 0.5) is 5.82 Å². The third-order valence-electron chi connectivity index (χ3n) is 5.69. The van der Waals surface area contributed by atoms with Crippen molar-refractivity contribution in [1.29, 1.82) is 0 Å². The van der Waals surface area contributed by atoms with Gasteiger partial charge >= 0.3 is 0 Å². The number of aryl methyl sites for hydroxylation is 3. The topological polar surface area (TPSA) is 68.8 Å². The molecule has 0 fully saturated rings. The Kier molecular flexibility index (Phi) is 4.98. The minimum Gasteiger partial charge on any atom is -0.464 e. The molecule has 6 nitrogen and oxygen atoms in total. The Hall–Kier alpha value is -3.93. The molecule has 3 heterocycles. The number of benzene rings is 2. The summed E-state index contributed by atoms with van der Waals surface area (Å²) in [5, 5.41) is 8.93. The van der Waals surface area contributed by atoms with Crippen LogP contribution in [0.25, 0.3) is 33.4 Å². The minimum atomic E-state index is 0.0763. The number of hydrogen-bond donors (Lipinski definition) is 1. The summed E-state index contributed by atoms with van der Waals surface area (Å²) in [6.07, 6.45) is 5.69. The van der Waals surface area contributed by atoms with Gasteiger partial charge in [0.05, 0.1) is 18.2 Å². The fourth-order valence-electron chi connectivity index (χ4n) is 3.97. The van der Waals surface area contributed by atoms with Gasteiger partial charge in [0.25, 0.3) is 0 Å². The molecule has 1 atom stereocenters. The van der Waals surface area contributed by atoms with E-state index in [9.17, 15) is 0 Å². The van der Waals surface area contributed by atoms with Crippen molar-refractivity contribution in [2.45, 2.75) is 26.8 Å². The molecule has 2 aromatic carbocycles. The second-order valence-corrected chi connectivity index (χ2v) is 8.21. The summed E-state index contributed by atoms with van der Waals surface area (Å²) < 4.78 is 7.40. The molecule has 32 heavy (non-hydrogen) atoms. The van der Waals surface area contributed by atoms with Crippen molar-refractivity contribution in [2.75, 3.05) is 5.32 Å². The van der Waals surface area contributed by atoms with E-state index in [1.54, 1.807) is 6.26 Å². The highest BCUT2D eigenvalue weighted by atomic mass is 16.3. The maximum absolute atomic E-state index is 5.58. The van der Waals surface area contributed by atoms with Gasteiger partial charge in [-0.05, 0) is 61.7 Å². The van der Waals surface area contributed by atoms with Crippen molar-refractivity contribution in [3.8, 4) is 22.4 Å². The summed E-state index contributed by atoms with van der Waals surface area (Å²) in [5.74, 6) is 1.53. The van der Waals surface area contributed by atoms with Crippen LogP contribution in [0.3, 0.4) is 0 Å². The first-order valence-corrected chi connectivity index (χ1v) is 10.7. The first kappa shape index (κ1) is 20.0. The van der Waals surface area contributed by atoms with Crippen molar-refractivity contribution in [3.05, 3.63) is 84.1 Å². The first-order chi connectivity index (χ1) is 15.5. The van der Waals surface area contributed by atoms with Crippen LogP contribution >= 0.6 is 0 Å². The van der Waals surface area contributed by atoms with Gasteiger partial charge in [-0.15, -0.1) is 0 Å². The van der Waals surface area contributed by atoms with E-state index in [-0.39, 0.29) is 6.04 Å². The molecule has 0 saturated carbocycles. The lowest BCUT2D eigenvalue weighted by molar-refractivity contribution is 0.613. The third kappa shape index (κ3) is 3.87. The molecular formula is C26H25N5O. The molecule has 0 aliphatic rings. The molecule has 0 saturated heterocycles. The highest BCUT2D eigenvalue weighted by Crippen LogP contribution is 2.29. The van der Waals surface area contributed by atoms with Crippen molar-refractivity contribution in [2.24, 2.45) is 7.05 Å². The fraction of sp³-hybridized carbons (Fsp3) is 0.192. The van der Waals surface area contributed by atoms with E-state index in [1.165, 1.54) is 5.56 Å². The summed E-state index contributed by atoms with van der Waals surface area (Å²) in [6.45, 7) is 6.11. The molecule has 160 valence electrons. The maximum atomic E-state index is 5.58. The van der Waals surface area contributed by atoms with Crippen LogP contribution in [-0.4, -0.2) is 19.7 Å².